The van der Waals surface area contributed by atoms with E-state index in [0.29, 0.717) is 18.2 Å². The molecular weight excluding hydrogens is 316 g/mol. The lowest BCUT2D eigenvalue weighted by Crippen LogP contribution is -2.48. The molecule has 1 unspecified atom stereocenters. The standard InChI is InChI=1S/C20H28N2O3/c1-14-11-15(3-6-19(14)21-7-9-25-10-8-21)20(23)22-16-4-5-17(22)13-18(12-16)24-2/h3,6,11,16-18H,4-5,7-10,12-13H2,1-2H3/t16-,17+,18?. The van der Waals surface area contributed by atoms with Crippen LogP contribution in [0.15, 0.2) is 18.2 Å². The van der Waals surface area contributed by atoms with Crippen molar-refractivity contribution in [2.75, 3.05) is 38.3 Å². The lowest BCUT2D eigenvalue weighted by atomic mass is 9.98. The van der Waals surface area contributed by atoms with Gasteiger partial charge < -0.3 is 19.3 Å². The quantitative estimate of drug-likeness (QED) is 0.845. The second kappa shape index (κ2) is 6.96. The summed E-state index contributed by atoms with van der Waals surface area (Å²) in [6.45, 7) is 5.49. The minimum Gasteiger partial charge on any atom is -0.381 e. The highest BCUT2D eigenvalue weighted by Gasteiger charge is 2.43. The van der Waals surface area contributed by atoms with Crippen molar-refractivity contribution in [3.8, 4) is 0 Å². The molecule has 3 heterocycles. The zero-order chi connectivity index (χ0) is 17.4. The van der Waals surface area contributed by atoms with E-state index in [1.54, 1.807) is 7.11 Å². The number of aryl methyl sites for hydroxylation is 1. The monoisotopic (exact) mass is 344 g/mol. The van der Waals surface area contributed by atoms with Crippen molar-refractivity contribution in [3.05, 3.63) is 29.3 Å². The van der Waals surface area contributed by atoms with E-state index >= 15 is 0 Å². The summed E-state index contributed by atoms with van der Waals surface area (Å²) in [6.07, 6.45) is 4.49. The van der Waals surface area contributed by atoms with E-state index in [-0.39, 0.29) is 5.91 Å². The molecule has 3 atom stereocenters. The van der Waals surface area contributed by atoms with Crippen molar-refractivity contribution in [2.24, 2.45) is 0 Å². The molecule has 2 bridgehead atoms. The van der Waals surface area contributed by atoms with Gasteiger partial charge in [-0.3, -0.25) is 4.79 Å². The molecule has 3 fully saturated rings. The number of benzene rings is 1. The number of carbonyl (C=O) groups excluding carboxylic acids is 1. The highest BCUT2D eigenvalue weighted by molar-refractivity contribution is 5.95. The maximum absolute atomic E-state index is 13.1. The molecule has 4 rings (SSSR count). The number of rotatable bonds is 3. The highest BCUT2D eigenvalue weighted by atomic mass is 16.5. The van der Waals surface area contributed by atoms with Gasteiger partial charge in [0.1, 0.15) is 0 Å². The van der Waals surface area contributed by atoms with Crippen LogP contribution in [-0.2, 0) is 9.47 Å². The molecule has 1 amide bonds. The van der Waals surface area contributed by atoms with Crippen LogP contribution in [-0.4, -0.2) is 62.4 Å². The van der Waals surface area contributed by atoms with Gasteiger partial charge in [-0.05, 0) is 56.4 Å². The van der Waals surface area contributed by atoms with Crippen LogP contribution in [0.25, 0.3) is 0 Å². The third-order valence-corrected chi connectivity index (χ3v) is 6.05. The number of nitrogens with zero attached hydrogens (tertiary/aromatic N) is 2. The Labute approximate surface area is 149 Å². The van der Waals surface area contributed by atoms with Crippen molar-refractivity contribution in [1.29, 1.82) is 0 Å². The molecule has 1 aromatic rings. The van der Waals surface area contributed by atoms with Gasteiger partial charge in [-0.25, -0.2) is 0 Å². The predicted molar refractivity (Wildman–Crippen MR) is 97.2 cm³/mol. The van der Waals surface area contributed by atoms with E-state index in [9.17, 15) is 4.79 Å². The number of piperidine rings is 1. The highest BCUT2D eigenvalue weighted by Crippen LogP contribution is 2.38. The number of hydrogen-bond acceptors (Lipinski definition) is 4. The minimum atomic E-state index is 0.193. The van der Waals surface area contributed by atoms with Gasteiger partial charge in [0.25, 0.3) is 5.91 Å². The molecule has 3 aliphatic rings. The number of anilines is 1. The molecule has 0 radical (unpaired) electrons. The molecule has 0 aliphatic carbocycles. The average molecular weight is 344 g/mol. The van der Waals surface area contributed by atoms with Crippen LogP contribution in [0.5, 0.6) is 0 Å². The molecule has 136 valence electrons. The van der Waals surface area contributed by atoms with Gasteiger partial charge in [0.2, 0.25) is 0 Å². The lowest BCUT2D eigenvalue weighted by molar-refractivity contribution is 0.00822. The largest absolute Gasteiger partial charge is 0.381 e. The molecule has 0 aromatic heterocycles. The van der Waals surface area contributed by atoms with E-state index in [1.165, 1.54) is 11.3 Å². The first-order valence-electron chi connectivity index (χ1n) is 9.46. The third-order valence-electron chi connectivity index (χ3n) is 6.05. The second-order valence-electron chi connectivity index (χ2n) is 7.53. The van der Waals surface area contributed by atoms with Gasteiger partial charge in [-0.2, -0.15) is 0 Å². The number of hydrogen-bond donors (Lipinski definition) is 0. The van der Waals surface area contributed by atoms with Gasteiger partial charge in [-0.15, -0.1) is 0 Å². The lowest BCUT2D eigenvalue weighted by Gasteiger charge is -2.38. The van der Waals surface area contributed by atoms with Crippen LogP contribution in [0.1, 0.15) is 41.6 Å². The number of methoxy groups -OCH3 is 1. The Bertz CT molecular complexity index is 628. The van der Waals surface area contributed by atoms with Crippen molar-refractivity contribution >= 4 is 11.6 Å². The van der Waals surface area contributed by atoms with Gasteiger partial charge in [0.15, 0.2) is 0 Å². The Morgan fingerprint density at radius 1 is 1.16 bits per heavy atom. The SMILES string of the molecule is COC1C[C@H]2CC[C@@H](C1)N2C(=O)c1ccc(N2CCOCC2)c(C)c1. The van der Waals surface area contributed by atoms with Gasteiger partial charge >= 0.3 is 0 Å². The van der Waals surface area contributed by atoms with Crippen LogP contribution >= 0.6 is 0 Å². The molecule has 0 saturated carbocycles. The number of fused-ring (bicyclic) bond motifs is 2. The first-order valence-corrected chi connectivity index (χ1v) is 9.46. The zero-order valence-electron chi connectivity index (χ0n) is 15.2. The smallest absolute Gasteiger partial charge is 0.254 e. The van der Waals surface area contributed by atoms with Crippen LogP contribution in [0.2, 0.25) is 0 Å². The maximum atomic E-state index is 13.1. The summed E-state index contributed by atoms with van der Waals surface area (Å²) in [5, 5.41) is 0. The van der Waals surface area contributed by atoms with Crippen LogP contribution in [0.3, 0.4) is 0 Å². The van der Waals surface area contributed by atoms with Crippen molar-refractivity contribution in [2.45, 2.75) is 50.8 Å². The summed E-state index contributed by atoms with van der Waals surface area (Å²) in [5.74, 6) is 0.193. The Balaban J connectivity index is 1.52. The molecule has 0 N–H and O–H groups in total. The topological polar surface area (TPSA) is 42.0 Å². The van der Waals surface area contributed by atoms with Crippen LogP contribution < -0.4 is 4.90 Å². The Morgan fingerprint density at radius 2 is 1.84 bits per heavy atom. The minimum absolute atomic E-state index is 0.193. The van der Waals surface area contributed by atoms with Gasteiger partial charge in [-0.1, -0.05) is 0 Å². The number of carbonyl (C=O) groups is 1. The van der Waals surface area contributed by atoms with Crippen LogP contribution in [0.4, 0.5) is 5.69 Å². The summed E-state index contributed by atoms with van der Waals surface area (Å²) < 4.78 is 11.0. The molecule has 3 aliphatic heterocycles. The van der Waals surface area contributed by atoms with Crippen molar-refractivity contribution < 1.29 is 14.3 Å². The average Bonchev–Trinajstić information content (AvgIpc) is 2.91. The summed E-state index contributed by atoms with van der Waals surface area (Å²) in [6, 6.07) is 6.86. The number of amides is 1. The fourth-order valence-electron chi connectivity index (χ4n) is 4.75. The van der Waals surface area contributed by atoms with Gasteiger partial charge in [0.05, 0.1) is 19.3 Å². The van der Waals surface area contributed by atoms with Crippen molar-refractivity contribution in [1.82, 2.24) is 4.90 Å². The molecule has 5 heteroatoms. The molecule has 1 aromatic carbocycles. The number of ether oxygens (including phenoxy) is 2. The first-order chi connectivity index (χ1) is 12.2. The molecular formula is C20H28N2O3. The maximum Gasteiger partial charge on any atom is 0.254 e. The zero-order valence-corrected chi connectivity index (χ0v) is 15.2. The second-order valence-corrected chi connectivity index (χ2v) is 7.53. The summed E-state index contributed by atoms with van der Waals surface area (Å²) in [5.41, 5.74) is 3.22. The fraction of sp³-hybridized carbons (Fsp3) is 0.650. The first kappa shape index (κ1) is 16.9. The van der Waals surface area contributed by atoms with E-state index < -0.39 is 0 Å². The van der Waals surface area contributed by atoms with E-state index in [4.69, 9.17) is 9.47 Å². The third kappa shape index (κ3) is 3.15. The van der Waals surface area contributed by atoms with E-state index in [1.807, 2.05) is 6.07 Å². The van der Waals surface area contributed by atoms with Crippen molar-refractivity contribution in [3.63, 3.8) is 0 Å². The van der Waals surface area contributed by atoms with Crippen LogP contribution in [0, 0.1) is 6.92 Å². The van der Waals surface area contributed by atoms with E-state index in [2.05, 4.69) is 28.9 Å². The molecule has 0 spiro atoms. The predicted octanol–water partition coefficient (Wildman–Crippen LogP) is 2.61. The molecule has 25 heavy (non-hydrogen) atoms. The summed E-state index contributed by atoms with van der Waals surface area (Å²) in [4.78, 5) is 17.6. The van der Waals surface area contributed by atoms with E-state index in [0.717, 1.165) is 57.6 Å². The summed E-state index contributed by atoms with van der Waals surface area (Å²) >= 11 is 0. The Kier molecular flexibility index (Phi) is 4.69. The summed E-state index contributed by atoms with van der Waals surface area (Å²) in [7, 11) is 1.79. The normalized spacial score (nSPS) is 29.1. The molecule has 3 saturated heterocycles. The molecule has 5 nitrogen and oxygen atoms in total. The Hall–Kier alpha value is -1.59. The van der Waals surface area contributed by atoms with Gasteiger partial charge in [0, 0.05) is 43.5 Å². The Morgan fingerprint density at radius 3 is 2.44 bits per heavy atom. The fourth-order valence-corrected chi connectivity index (χ4v) is 4.75. The number of morpholine rings is 1.